The predicted octanol–water partition coefficient (Wildman–Crippen LogP) is -3.51. The van der Waals surface area contributed by atoms with Gasteiger partial charge in [-0.2, -0.15) is 0 Å². The summed E-state index contributed by atoms with van der Waals surface area (Å²) in [5.41, 5.74) is 5.44. The second-order valence-electron chi connectivity index (χ2n) is 9.11. The number of rotatable bonds is 9. The average Bonchev–Trinajstić information content (AvgIpc) is 3.63. The summed E-state index contributed by atoms with van der Waals surface area (Å²) >= 11 is 0. The van der Waals surface area contributed by atoms with Crippen molar-refractivity contribution in [3.8, 4) is 0 Å². The Morgan fingerprint density at radius 1 is 0.976 bits per heavy atom. The molecule has 2 unspecified atom stereocenters. The number of fused-ring (bicyclic) bond motifs is 1. The molecule has 226 valence electrons. The average molecular weight is 584 g/mol. The van der Waals surface area contributed by atoms with Crippen LogP contribution in [0.2, 0.25) is 0 Å². The van der Waals surface area contributed by atoms with Gasteiger partial charge in [-0.1, -0.05) is 0 Å². The molecule has 0 amide bonds. The van der Waals surface area contributed by atoms with E-state index >= 15 is 0 Å². The van der Waals surface area contributed by atoms with E-state index in [-0.39, 0.29) is 19.0 Å². The maximum Gasteiger partial charge on any atom is 0.330 e. The van der Waals surface area contributed by atoms with Crippen molar-refractivity contribution in [3.63, 3.8) is 0 Å². The Kier molecular flexibility index (Phi) is 10.1. The fraction of sp³-hybridized carbons (Fsp3) is 0.609. The first-order valence-corrected chi connectivity index (χ1v) is 12.5. The van der Waals surface area contributed by atoms with Crippen molar-refractivity contribution in [2.75, 3.05) is 46.4 Å². The molecule has 3 aromatic heterocycles. The monoisotopic (exact) mass is 583 g/mol. The van der Waals surface area contributed by atoms with Gasteiger partial charge in [0.25, 0.3) is 5.56 Å². The van der Waals surface area contributed by atoms with Gasteiger partial charge < -0.3 is 49.8 Å². The number of aromatic nitrogens is 6. The Balaban J connectivity index is 0.000000189. The molecule has 0 aliphatic carbocycles. The van der Waals surface area contributed by atoms with E-state index in [1.807, 2.05) is 0 Å². The lowest BCUT2D eigenvalue weighted by molar-refractivity contribution is -0.0819. The zero-order valence-corrected chi connectivity index (χ0v) is 22.2. The van der Waals surface area contributed by atoms with Crippen LogP contribution in [0.15, 0.2) is 34.5 Å². The number of aromatic amines is 1. The highest BCUT2D eigenvalue weighted by atomic mass is 16.6. The predicted molar refractivity (Wildman–Crippen MR) is 137 cm³/mol. The smallest absolute Gasteiger partial charge is 0.330 e. The zero-order chi connectivity index (χ0) is 29.7. The Hall–Kier alpha value is -3.33. The minimum atomic E-state index is -1.10. The van der Waals surface area contributed by atoms with Crippen molar-refractivity contribution in [2.45, 2.75) is 49.1 Å². The SMILES string of the molecule is COC1[C@@H](O)[C@@H](CO)O[C@H]1n1cnc2c(N)ncnc21.COCCO[C@H]1C(O)[C@@H](CO)O[C@H]1n1ccc(=O)[nH]c1=O. The maximum absolute atomic E-state index is 11.8. The van der Waals surface area contributed by atoms with E-state index in [9.17, 15) is 30.0 Å². The number of nitrogen functional groups attached to an aromatic ring is 1. The Labute approximate surface area is 231 Å². The van der Waals surface area contributed by atoms with Crippen LogP contribution in [0.5, 0.6) is 0 Å². The summed E-state index contributed by atoms with van der Waals surface area (Å²) in [5, 5.41) is 38.5. The van der Waals surface area contributed by atoms with Crippen LogP contribution < -0.4 is 17.0 Å². The van der Waals surface area contributed by atoms with Gasteiger partial charge in [0.05, 0.1) is 32.8 Å². The molecule has 5 heterocycles. The van der Waals surface area contributed by atoms with E-state index in [2.05, 4.69) is 19.9 Å². The van der Waals surface area contributed by atoms with Crippen molar-refractivity contribution in [3.05, 3.63) is 45.8 Å². The van der Waals surface area contributed by atoms with Gasteiger partial charge in [-0.05, 0) is 0 Å². The second-order valence-corrected chi connectivity index (χ2v) is 9.11. The molecule has 3 aromatic rings. The third-order valence-electron chi connectivity index (χ3n) is 6.64. The summed E-state index contributed by atoms with van der Waals surface area (Å²) in [6, 6.07) is 1.16. The third kappa shape index (κ3) is 6.30. The number of hydrogen-bond acceptors (Lipinski definition) is 15. The van der Waals surface area contributed by atoms with Crippen LogP contribution in [0.1, 0.15) is 12.5 Å². The number of nitrogens with zero attached hydrogens (tertiary/aromatic N) is 5. The minimum absolute atomic E-state index is 0.189. The van der Waals surface area contributed by atoms with Gasteiger partial charge >= 0.3 is 5.69 Å². The van der Waals surface area contributed by atoms with E-state index in [0.29, 0.717) is 17.8 Å². The number of aliphatic hydroxyl groups excluding tert-OH is 4. The van der Waals surface area contributed by atoms with Crippen molar-refractivity contribution >= 4 is 17.0 Å². The fourth-order valence-electron chi connectivity index (χ4n) is 4.57. The molecule has 2 aliphatic rings. The van der Waals surface area contributed by atoms with E-state index in [0.717, 1.165) is 10.6 Å². The first kappa shape index (κ1) is 30.6. The number of nitrogens with one attached hydrogen (secondary N) is 1. The highest BCUT2D eigenvalue weighted by Crippen LogP contribution is 2.33. The molecule has 41 heavy (non-hydrogen) atoms. The Morgan fingerprint density at radius 2 is 1.63 bits per heavy atom. The molecule has 2 aliphatic heterocycles. The summed E-state index contributed by atoms with van der Waals surface area (Å²) in [7, 11) is 2.97. The molecule has 2 saturated heterocycles. The topological polar surface area (TPSA) is 252 Å². The maximum atomic E-state index is 11.8. The number of aliphatic hydroxyl groups is 4. The standard InChI is InChI=1S/C12H18N2O7.C11H15N5O4/c1-19-4-5-20-10-9(17)7(6-15)21-11(10)14-3-2-8(16)13-12(14)18;1-19-8-7(18)5(2-17)20-11(8)16-4-15-6-9(12)13-3-14-10(6)16/h2-3,7,9-11,15,17H,4-6H2,1H3,(H,13,16,18);3-5,7-8,11,17-18H,2H2,1H3,(H2,12,13,14)/t7-,9?,10+,11-;5-,7+,8?,11-/m11/s1. The molecular weight excluding hydrogens is 550 g/mol. The first-order valence-electron chi connectivity index (χ1n) is 12.5. The molecule has 0 aromatic carbocycles. The van der Waals surface area contributed by atoms with Crippen LogP contribution >= 0.6 is 0 Å². The third-order valence-corrected chi connectivity index (χ3v) is 6.64. The van der Waals surface area contributed by atoms with Crippen molar-refractivity contribution in [2.24, 2.45) is 0 Å². The van der Waals surface area contributed by atoms with Gasteiger partial charge in [0.15, 0.2) is 23.9 Å². The van der Waals surface area contributed by atoms with E-state index in [1.165, 1.54) is 33.1 Å². The molecule has 2 fully saturated rings. The van der Waals surface area contributed by atoms with Gasteiger partial charge in [-0.15, -0.1) is 0 Å². The van der Waals surface area contributed by atoms with Gasteiger partial charge in [-0.3, -0.25) is 18.9 Å². The lowest BCUT2D eigenvalue weighted by Crippen LogP contribution is -2.39. The molecule has 0 saturated carbocycles. The highest BCUT2D eigenvalue weighted by Gasteiger charge is 2.46. The lowest BCUT2D eigenvalue weighted by Gasteiger charge is -2.22. The highest BCUT2D eigenvalue weighted by molar-refractivity contribution is 5.81. The summed E-state index contributed by atoms with van der Waals surface area (Å²) < 4.78 is 29.4. The lowest BCUT2D eigenvalue weighted by atomic mass is 10.1. The normalized spacial score (nSPS) is 29.5. The fourth-order valence-corrected chi connectivity index (χ4v) is 4.57. The minimum Gasteiger partial charge on any atom is -0.394 e. The number of methoxy groups -OCH3 is 2. The second kappa shape index (κ2) is 13.6. The molecule has 18 nitrogen and oxygen atoms in total. The number of H-pyrrole nitrogens is 1. The number of nitrogens with two attached hydrogens (primary N) is 1. The summed E-state index contributed by atoms with van der Waals surface area (Å²) in [6.45, 7) is -0.226. The Morgan fingerprint density at radius 3 is 2.24 bits per heavy atom. The van der Waals surface area contributed by atoms with Crippen molar-refractivity contribution in [1.29, 1.82) is 0 Å². The van der Waals surface area contributed by atoms with Crippen LogP contribution in [-0.4, -0.2) is 127 Å². The quantitative estimate of drug-likeness (QED) is 0.134. The number of anilines is 1. The molecule has 7 N–H and O–H groups in total. The molecule has 18 heteroatoms. The largest absolute Gasteiger partial charge is 0.394 e. The van der Waals surface area contributed by atoms with Crippen molar-refractivity contribution < 1.29 is 44.1 Å². The van der Waals surface area contributed by atoms with Crippen LogP contribution in [-0.2, 0) is 23.7 Å². The Bertz CT molecular complexity index is 1400. The molecule has 5 rings (SSSR count). The van der Waals surface area contributed by atoms with Gasteiger partial charge in [-0.25, -0.2) is 19.7 Å². The van der Waals surface area contributed by atoms with Gasteiger partial charge in [0, 0.05) is 26.5 Å². The van der Waals surface area contributed by atoms with E-state index < -0.39 is 66.9 Å². The number of hydrogen-bond donors (Lipinski definition) is 6. The van der Waals surface area contributed by atoms with E-state index in [4.69, 9.17) is 29.4 Å². The molecule has 8 atom stereocenters. The summed E-state index contributed by atoms with van der Waals surface area (Å²) in [5.74, 6) is 0.264. The number of imidazole rings is 1. The molecule has 0 bridgehead atoms. The summed E-state index contributed by atoms with van der Waals surface area (Å²) in [4.78, 5) is 37.1. The van der Waals surface area contributed by atoms with Gasteiger partial charge in [0.1, 0.15) is 48.5 Å². The van der Waals surface area contributed by atoms with Gasteiger partial charge in [0.2, 0.25) is 0 Å². The van der Waals surface area contributed by atoms with Crippen molar-refractivity contribution in [1.82, 2.24) is 29.1 Å². The molecule has 0 radical (unpaired) electrons. The van der Waals surface area contributed by atoms with Crippen LogP contribution in [0.3, 0.4) is 0 Å². The van der Waals surface area contributed by atoms with E-state index in [1.54, 1.807) is 4.57 Å². The first-order chi connectivity index (χ1) is 19.7. The summed E-state index contributed by atoms with van der Waals surface area (Å²) in [6.07, 6.45) is -2.65. The van der Waals surface area contributed by atoms with Crippen LogP contribution in [0.4, 0.5) is 5.82 Å². The number of ether oxygens (including phenoxy) is 5. The zero-order valence-electron chi connectivity index (χ0n) is 22.2. The molecule has 0 spiro atoms. The van der Waals surface area contributed by atoms with Crippen LogP contribution in [0.25, 0.3) is 11.2 Å². The molecular formula is C23H33N7O11. The van der Waals surface area contributed by atoms with Crippen LogP contribution in [0, 0.1) is 0 Å².